The van der Waals surface area contributed by atoms with Crippen LogP contribution in [-0.2, 0) is 13.1 Å². The molecule has 1 heterocycles. The highest BCUT2D eigenvalue weighted by molar-refractivity contribution is 5.25. The molecule has 3 rings (SSSR count). The summed E-state index contributed by atoms with van der Waals surface area (Å²) in [6.07, 6.45) is 8.08. The number of hydrogen-bond acceptors (Lipinski definition) is 2. The van der Waals surface area contributed by atoms with E-state index < -0.39 is 0 Å². The Morgan fingerprint density at radius 1 is 1.19 bits per heavy atom. The highest BCUT2D eigenvalue weighted by Crippen LogP contribution is 2.36. The molecule has 1 aromatic carbocycles. The van der Waals surface area contributed by atoms with Gasteiger partial charge >= 0.3 is 0 Å². The summed E-state index contributed by atoms with van der Waals surface area (Å²) in [4.78, 5) is 2.55. The van der Waals surface area contributed by atoms with Crippen molar-refractivity contribution < 1.29 is 4.39 Å². The molecule has 2 nitrogen and oxygen atoms in total. The second kappa shape index (κ2) is 6.89. The highest BCUT2D eigenvalue weighted by atomic mass is 19.1. The predicted molar refractivity (Wildman–Crippen MR) is 84.6 cm³/mol. The van der Waals surface area contributed by atoms with Gasteiger partial charge in [-0.25, -0.2) is 4.39 Å². The normalized spacial score (nSPS) is 26.6. The van der Waals surface area contributed by atoms with Gasteiger partial charge in [-0.1, -0.05) is 25.0 Å². The minimum atomic E-state index is -0.0483. The quantitative estimate of drug-likeness (QED) is 0.909. The number of piperidine rings is 1. The van der Waals surface area contributed by atoms with Gasteiger partial charge in [0, 0.05) is 24.7 Å². The molecule has 2 fully saturated rings. The van der Waals surface area contributed by atoms with E-state index in [0.29, 0.717) is 6.04 Å². The number of likely N-dealkylation sites (tertiary alicyclic amines) is 1. The van der Waals surface area contributed by atoms with Gasteiger partial charge in [0.25, 0.3) is 0 Å². The van der Waals surface area contributed by atoms with Crippen molar-refractivity contribution >= 4 is 0 Å². The van der Waals surface area contributed by atoms with Gasteiger partial charge in [-0.2, -0.15) is 0 Å². The third-order valence-electron chi connectivity index (χ3n) is 5.22. The Morgan fingerprint density at radius 3 is 2.86 bits per heavy atom. The van der Waals surface area contributed by atoms with Crippen LogP contribution in [-0.4, -0.2) is 24.5 Å². The Labute approximate surface area is 127 Å². The van der Waals surface area contributed by atoms with Crippen LogP contribution in [0.5, 0.6) is 0 Å². The number of fused-ring (bicyclic) bond motifs is 1. The lowest BCUT2D eigenvalue weighted by molar-refractivity contribution is 0.0538. The fraction of sp³-hybridized carbons (Fsp3) is 0.667. The average Bonchev–Trinajstić information content (AvgIpc) is 2.51. The molecule has 0 spiro atoms. The molecule has 2 aliphatic rings. The van der Waals surface area contributed by atoms with Crippen molar-refractivity contribution in [1.29, 1.82) is 0 Å². The van der Waals surface area contributed by atoms with Gasteiger partial charge in [-0.05, 0) is 56.8 Å². The fourth-order valence-electron chi connectivity index (χ4n) is 4.21. The summed E-state index contributed by atoms with van der Waals surface area (Å²) in [5, 5.41) is 3.14. The van der Waals surface area contributed by atoms with Crippen LogP contribution in [0.25, 0.3) is 0 Å². The zero-order chi connectivity index (χ0) is 14.7. The molecule has 3 heteroatoms. The van der Waals surface area contributed by atoms with Crippen LogP contribution in [0.15, 0.2) is 18.2 Å². The lowest BCUT2D eigenvalue weighted by Crippen LogP contribution is -2.46. The van der Waals surface area contributed by atoms with Gasteiger partial charge in [0.05, 0.1) is 0 Å². The summed E-state index contributed by atoms with van der Waals surface area (Å²) in [7, 11) is 1.93. The van der Waals surface area contributed by atoms with Gasteiger partial charge in [-0.15, -0.1) is 0 Å². The van der Waals surface area contributed by atoms with E-state index in [9.17, 15) is 4.39 Å². The molecule has 1 saturated carbocycles. The van der Waals surface area contributed by atoms with Crippen molar-refractivity contribution in [3.05, 3.63) is 35.1 Å². The number of rotatable bonds is 4. The van der Waals surface area contributed by atoms with Gasteiger partial charge in [0.1, 0.15) is 5.82 Å². The fourth-order valence-corrected chi connectivity index (χ4v) is 4.21. The third-order valence-corrected chi connectivity index (χ3v) is 5.22. The summed E-state index contributed by atoms with van der Waals surface area (Å²) in [6, 6.07) is 6.25. The van der Waals surface area contributed by atoms with Gasteiger partial charge in [0.15, 0.2) is 0 Å². The Balaban J connectivity index is 1.74. The van der Waals surface area contributed by atoms with E-state index in [1.165, 1.54) is 44.1 Å². The topological polar surface area (TPSA) is 15.3 Å². The van der Waals surface area contributed by atoms with Crippen LogP contribution < -0.4 is 5.32 Å². The maximum atomic E-state index is 14.1. The molecule has 21 heavy (non-hydrogen) atoms. The molecule has 1 N–H and O–H groups in total. The number of benzene rings is 1. The van der Waals surface area contributed by atoms with Crippen molar-refractivity contribution in [2.75, 3.05) is 13.6 Å². The molecule has 0 aromatic heterocycles. The largest absolute Gasteiger partial charge is 0.316 e. The molecule has 1 aliphatic carbocycles. The minimum absolute atomic E-state index is 0.0483. The molecule has 1 aromatic rings. The van der Waals surface area contributed by atoms with Crippen LogP contribution in [0, 0.1) is 11.7 Å². The number of hydrogen-bond donors (Lipinski definition) is 1. The maximum Gasteiger partial charge on any atom is 0.127 e. The Kier molecular flexibility index (Phi) is 4.91. The first-order valence-electron chi connectivity index (χ1n) is 8.44. The first kappa shape index (κ1) is 15.0. The molecule has 116 valence electrons. The van der Waals surface area contributed by atoms with E-state index in [2.05, 4.69) is 10.2 Å². The summed E-state index contributed by atoms with van der Waals surface area (Å²) < 4.78 is 14.1. The molecule has 1 aliphatic heterocycles. The number of halogens is 1. The number of nitrogens with one attached hydrogen (secondary N) is 1. The number of nitrogens with zero attached hydrogens (tertiary/aromatic N) is 1. The molecule has 0 unspecified atom stereocenters. The summed E-state index contributed by atoms with van der Waals surface area (Å²) in [5.41, 5.74) is 2.04. The lowest BCUT2D eigenvalue weighted by atomic mass is 9.78. The van der Waals surface area contributed by atoms with Crippen LogP contribution in [0.1, 0.15) is 49.7 Å². The van der Waals surface area contributed by atoms with Gasteiger partial charge in [0.2, 0.25) is 0 Å². The Morgan fingerprint density at radius 2 is 2.00 bits per heavy atom. The standard InChI is InChI=1S/C18H27FN2/c1-20-12-14-8-9-17(19)16(11-14)13-21-10-4-6-15-5-2-3-7-18(15)21/h8-9,11,15,18,20H,2-7,10,12-13H2,1H3/t15-,18-/m1/s1. The van der Waals surface area contributed by atoms with E-state index in [1.807, 2.05) is 19.2 Å². The molecule has 2 atom stereocenters. The van der Waals surface area contributed by atoms with E-state index in [4.69, 9.17) is 0 Å². The Bertz CT molecular complexity index is 472. The minimum Gasteiger partial charge on any atom is -0.316 e. The maximum absolute atomic E-state index is 14.1. The van der Waals surface area contributed by atoms with E-state index in [-0.39, 0.29) is 5.82 Å². The third kappa shape index (κ3) is 3.46. The Hall–Kier alpha value is -0.930. The van der Waals surface area contributed by atoms with Crippen molar-refractivity contribution in [1.82, 2.24) is 10.2 Å². The molecule has 0 radical (unpaired) electrons. The van der Waals surface area contributed by atoms with Gasteiger partial charge in [-0.3, -0.25) is 4.90 Å². The second-order valence-electron chi connectivity index (χ2n) is 6.68. The van der Waals surface area contributed by atoms with Crippen LogP contribution in [0.2, 0.25) is 0 Å². The SMILES string of the molecule is CNCc1ccc(F)c(CN2CCC[C@H]3CCCC[C@H]32)c1. The van der Waals surface area contributed by atoms with Crippen LogP contribution in [0.4, 0.5) is 4.39 Å². The molecule has 0 bridgehead atoms. The van der Waals surface area contributed by atoms with E-state index >= 15 is 0 Å². The van der Waals surface area contributed by atoms with Crippen LogP contribution >= 0.6 is 0 Å². The summed E-state index contributed by atoms with van der Waals surface area (Å²) in [5.74, 6) is 0.809. The lowest BCUT2D eigenvalue weighted by Gasteiger charge is -2.44. The highest BCUT2D eigenvalue weighted by Gasteiger charge is 2.33. The summed E-state index contributed by atoms with van der Waals surface area (Å²) >= 11 is 0. The zero-order valence-electron chi connectivity index (χ0n) is 13.1. The molecule has 0 amide bonds. The monoisotopic (exact) mass is 290 g/mol. The van der Waals surface area contributed by atoms with E-state index in [1.54, 1.807) is 6.07 Å². The molecular weight excluding hydrogens is 263 g/mol. The molecular formula is C18H27FN2. The predicted octanol–water partition coefficient (Wildman–Crippen LogP) is 3.70. The first-order chi connectivity index (χ1) is 10.3. The zero-order valence-corrected chi connectivity index (χ0v) is 13.1. The molecule has 1 saturated heterocycles. The van der Waals surface area contributed by atoms with Gasteiger partial charge < -0.3 is 5.32 Å². The smallest absolute Gasteiger partial charge is 0.127 e. The van der Waals surface area contributed by atoms with Crippen LogP contribution in [0.3, 0.4) is 0 Å². The second-order valence-corrected chi connectivity index (χ2v) is 6.68. The summed E-state index contributed by atoms with van der Waals surface area (Å²) in [6.45, 7) is 2.72. The van der Waals surface area contributed by atoms with Crippen molar-refractivity contribution in [2.24, 2.45) is 5.92 Å². The first-order valence-corrected chi connectivity index (χ1v) is 8.44. The van der Waals surface area contributed by atoms with Crippen molar-refractivity contribution in [3.63, 3.8) is 0 Å². The average molecular weight is 290 g/mol. The van der Waals surface area contributed by atoms with E-state index in [0.717, 1.165) is 31.1 Å². The van der Waals surface area contributed by atoms with Crippen molar-refractivity contribution in [2.45, 2.75) is 57.7 Å². The van der Waals surface area contributed by atoms with Crippen molar-refractivity contribution in [3.8, 4) is 0 Å².